The van der Waals surface area contributed by atoms with E-state index in [1.807, 2.05) is 26.0 Å². The van der Waals surface area contributed by atoms with Gasteiger partial charge in [0.2, 0.25) is 5.91 Å². The topological polar surface area (TPSA) is 49.4 Å². The van der Waals surface area contributed by atoms with Crippen molar-refractivity contribution in [1.82, 2.24) is 10.2 Å². The zero-order valence-corrected chi connectivity index (χ0v) is 7.91. The van der Waals surface area contributed by atoms with Crippen LogP contribution in [0.2, 0.25) is 0 Å². The Bertz CT molecular complexity index is 248. The Labute approximate surface area is 77.6 Å². The maximum atomic E-state index is 11.2. The molecule has 1 unspecified atom stereocenters. The summed E-state index contributed by atoms with van der Waals surface area (Å²) in [4.78, 5) is 23.9. The molecule has 0 radical (unpaired) electrons. The highest BCUT2D eigenvalue weighted by molar-refractivity contribution is 5.97. The average Bonchev–Trinajstić information content (AvgIpc) is 2.09. The number of nitrogens with zero attached hydrogens (tertiary/aromatic N) is 1. The Morgan fingerprint density at radius 2 is 2.31 bits per heavy atom. The number of amides is 3. The van der Waals surface area contributed by atoms with Gasteiger partial charge in [-0.3, -0.25) is 10.1 Å². The van der Waals surface area contributed by atoms with Gasteiger partial charge in [-0.1, -0.05) is 19.1 Å². The summed E-state index contributed by atoms with van der Waals surface area (Å²) in [6.07, 6.45) is 3.77. The minimum Gasteiger partial charge on any atom is -0.320 e. The molecule has 0 aromatic carbocycles. The van der Waals surface area contributed by atoms with Gasteiger partial charge in [-0.2, -0.15) is 0 Å². The van der Waals surface area contributed by atoms with E-state index < -0.39 is 0 Å². The Balaban J connectivity index is 2.56. The van der Waals surface area contributed by atoms with Gasteiger partial charge in [-0.05, 0) is 6.92 Å². The molecule has 0 aromatic heterocycles. The minimum absolute atomic E-state index is 0.108. The number of imide groups is 1. The third-order valence-electron chi connectivity index (χ3n) is 2.02. The van der Waals surface area contributed by atoms with Crippen molar-refractivity contribution in [3.8, 4) is 0 Å². The number of allylic oxidation sites excluding steroid dienone is 1. The Morgan fingerprint density at radius 3 is 2.92 bits per heavy atom. The van der Waals surface area contributed by atoms with Gasteiger partial charge < -0.3 is 4.90 Å². The molecule has 0 bridgehead atoms. The van der Waals surface area contributed by atoms with Gasteiger partial charge >= 0.3 is 6.03 Å². The fourth-order valence-corrected chi connectivity index (χ4v) is 1.19. The highest BCUT2D eigenvalue weighted by Crippen LogP contribution is 2.06. The second kappa shape index (κ2) is 4.07. The summed E-state index contributed by atoms with van der Waals surface area (Å²) in [7, 11) is 0. The molecule has 1 aliphatic rings. The second-order valence-corrected chi connectivity index (χ2v) is 3.17. The van der Waals surface area contributed by atoms with Crippen LogP contribution in [0.1, 0.15) is 13.8 Å². The summed E-state index contributed by atoms with van der Waals surface area (Å²) in [6.45, 7) is 4.79. The van der Waals surface area contributed by atoms with Crippen LogP contribution in [0.25, 0.3) is 0 Å². The smallest absolute Gasteiger partial charge is 0.320 e. The maximum absolute atomic E-state index is 11.2. The van der Waals surface area contributed by atoms with E-state index in [1.165, 1.54) is 0 Å². The van der Waals surface area contributed by atoms with Crippen LogP contribution in [0, 0.1) is 5.92 Å². The first-order valence-electron chi connectivity index (χ1n) is 4.36. The minimum atomic E-state index is -0.291. The largest absolute Gasteiger partial charge is 0.324 e. The molecule has 3 amide bonds. The fraction of sp³-hybridized carbons (Fsp3) is 0.556. The molecule has 0 saturated carbocycles. The van der Waals surface area contributed by atoms with Gasteiger partial charge in [-0.25, -0.2) is 4.79 Å². The number of hydrogen-bond donors (Lipinski definition) is 1. The van der Waals surface area contributed by atoms with E-state index >= 15 is 0 Å². The first-order chi connectivity index (χ1) is 6.15. The van der Waals surface area contributed by atoms with Crippen molar-refractivity contribution in [2.45, 2.75) is 13.8 Å². The van der Waals surface area contributed by atoms with Gasteiger partial charge in [0.25, 0.3) is 0 Å². The average molecular weight is 182 g/mol. The summed E-state index contributed by atoms with van der Waals surface area (Å²) in [6, 6.07) is -0.291. The first-order valence-corrected chi connectivity index (χ1v) is 4.36. The van der Waals surface area contributed by atoms with Crippen LogP contribution in [0.4, 0.5) is 4.79 Å². The molecule has 13 heavy (non-hydrogen) atoms. The number of carbonyl (C=O) groups excluding carboxylic acids is 2. The normalized spacial score (nSPS) is 23.8. The lowest BCUT2D eigenvalue weighted by Crippen LogP contribution is -2.53. The molecule has 72 valence electrons. The van der Waals surface area contributed by atoms with E-state index in [4.69, 9.17) is 0 Å². The van der Waals surface area contributed by atoms with Crippen molar-refractivity contribution < 1.29 is 9.59 Å². The summed E-state index contributed by atoms with van der Waals surface area (Å²) < 4.78 is 0. The molecule has 1 rings (SSSR count). The van der Waals surface area contributed by atoms with Crippen LogP contribution in [0.15, 0.2) is 12.2 Å². The van der Waals surface area contributed by atoms with Crippen LogP contribution in [-0.2, 0) is 4.79 Å². The summed E-state index contributed by atoms with van der Waals surface area (Å²) in [5.41, 5.74) is 0. The molecule has 1 heterocycles. The molecule has 0 aromatic rings. The molecule has 4 nitrogen and oxygen atoms in total. The van der Waals surface area contributed by atoms with Gasteiger partial charge in [0, 0.05) is 13.1 Å². The van der Waals surface area contributed by atoms with Gasteiger partial charge in [0.05, 0.1) is 5.92 Å². The first kappa shape index (κ1) is 9.77. The van der Waals surface area contributed by atoms with E-state index in [2.05, 4.69) is 5.32 Å². The van der Waals surface area contributed by atoms with Crippen LogP contribution in [-0.4, -0.2) is 29.9 Å². The van der Waals surface area contributed by atoms with Crippen LogP contribution < -0.4 is 5.32 Å². The lowest BCUT2D eigenvalue weighted by molar-refractivity contribution is -0.125. The lowest BCUT2D eigenvalue weighted by atomic mass is 10.1. The highest BCUT2D eigenvalue weighted by atomic mass is 16.2. The SMILES string of the molecule is C/C=C/CN1CC(C)C(=O)NC1=O. The molecule has 0 spiro atoms. The molecular weight excluding hydrogens is 168 g/mol. The van der Waals surface area contributed by atoms with Gasteiger partial charge in [0.1, 0.15) is 0 Å². The van der Waals surface area contributed by atoms with Gasteiger partial charge in [-0.15, -0.1) is 0 Å². The van der Waals surface area contributed by atoms with E-state index in [0.717, 1.165) is 0 Å². The van der Waals surface area contributed by atoms with Crippen molar-refractivity contribution >= 4 is 11.9 Å². The molecule has 1 N–H and O–H groups in total. The Hall–Kier alpha value is -1.32. The predicted molar refractivity (Wildman–Crippen MR) is 49.1 cm³/mol. The number of urea groups is 1. The van der Waals surface area contributed by atoms with Crippen molar-refractivity contribution in [2.75, 3.05) is 13.1 Å². The summed E-state index contributed by atoms with van der Waals surface area (Å²) in [5.74, 6) is -0.287. The summed E-state index contributed by atoms with van der Waals surface area (Å²) in [5, 5.41) is 2.30. The molecule has 1 aliphatic heterocycles. The number of hydrogen-bond acceptors (Lipinski definition) is 2. The molecule has 1 atom stereocenters. The monoisotopic (exact) mass is 182 g/mol. The van der Waals surface area contributed by atoms with E-state index in [0.29, 0.717) is 13.1 Å². The highest BCUT2D eigenvalue weighted by Gasteiger charge is 2.27. The number of rotatable bonds is 2. The third kappa shape index (κ3) is 2.31. The maximum Gasteiger partial charge on any atom is 0.324 e. The second-order valence-electron chi connectivity index (χ2n) is 3.17. The standard InChI is InChI=1S/C9H14N2O2/c1-3-4-5-11-6-7(2)8(12)10-9(11)13/h3-4,7H,5-6H2,1-2H3,(H,10,12,13)/b4-3+. The predicted octanol–water partition coefficient (Wildman–Crippen LogP) is 0.750. The molecule has 1 fully saturated rings. The fourth-order valence-electron chi connectivity index (χ4n) is 1.19. The Morgan fingerprint density at radius 1 is 1.62 bits per heavy atom. The van der Waals surface area contributed by atoms with E-state index in [-0.39, 0.29) is 17.9 Å². The van der Waals surface area contributed by atoms with E-state index in [1.54, 1.807) is 4.90 Å². The quantitative estimate of drug-likeness (QED) is 0.641. The third-order valence-corrected chi connectivity index (χ3v) is 2.02. The van der Waals surface area contributed by atoms with Crippen molar-refractivity contribution in [1.29, 1.82) is 0 Å². The molecular formula is C9H14N2O2. The zero-order valence-electron chi connectivity index (χ0n) is 7.91. The van der Waals surface area contributed by atoms with Crippen LogP contribution in [0.5, 0.6) is 0 Å². The van der Waals surface area contributed by atoms with Crippen LogP contribution >= 0.6 is 0 Å². The van der Waals surface area contributed by atoms with Gasteiger partial charge in [0.15, 0.2) is 0 Å². The number of nitrogens with one attached hydrogen (secondary N) is 1. The van der Waals surface area contributed by atoms with E-state index in [9.17, 15) is 9.59 Å². The molecule has 1 saturated heterocycles. The molecule has 4 heteroatoms. The Kier molecular flexibility index (Phi) is 3.06. The van der Waals surface area contributed by atoms with Crippen molar-refractivity contribution in [3.63, 3.8) is 0 Å². The van der Waals surface area contributed by atoms with Crippen molar-refractivity contribution in [2.24, 2.45) is 5.92 Å². The van der Waals surface area contributed by atoms with Crippen LogP contribution in [0.3, 0.4) is 0 Å². The lowest BCUT2D eigenvalue weighted by Gasteiger charge is -2.29. The number of carbonyl (C=O) groups is 2. The zero-order chi connectivity index (χ0) is 9.84. The van der Waals surface area contributed by atoms with Crippen molar-refractivity contribution in [3.05, 3.63) is 12.2 Å². The summed E-state index contributed by atoms with van der Waals surface area (Å²) >= 11 is 0. The molecule has 0 aliphatic carbocycles.